The Hall–Kier alpha value is -1.71. The highest BCUT2D eigenvalue weighted by molar-refractivity contribution is 5.73. The van der Waals surface area contributed by atoms with Crippen LogP contribution in [0.3, 0.4) is 0 Å². The van der Waals surface area contributed by atoms with E-state index in [1.54, 1.807) is 0 Å². The van der Waals surface area contributed by atoms with Crippen molar-refractivity contribution in [2.45, 2.75) is 38.6 Å². The van der Waals surface area contributed by atoms with Gasteiger partial charge in [-0.15, -0.1) is 0 Å². The zero-order chi connectivity index (χ0) is 13.5. The van der Waals surface area contributed by atoms with Crippen LogP contribution < -0.4 is 16.0 Å². The molecule has 0 aromatic heterocycles. The highest BCUT2D eigenvalue weighted by Gasteiger charge is 2.15. The summed E-state index contributed by atoms with van der Waals surface area (Å²) in [5, 5.41) is 9.29. The number of aryl methyl sites for hydroxylation is 1. The molecule has 0 radical (unpaired) electrons. The van der Waals surface area contributed by atoms with Gasteiger partial charge in [-0.1, -0.05) is 25.1 Å². The van der Waals surface area contributed by atoms with Gasteiger partial charge in [-0.05, 0) is 37.3 Å². The quantitative estimate of drug-likeness (QED) is 0.780. The van der Waals surface area contributed by atoms with Gasteiger partial charge in [0.05, 0.1) is 0 Å². The second kappa shape index (κ2) is 7.02. The smallest absolute Gasteiger partial charge is 0.314 e. The van der Waals surface area contributed by atoms with Gasteiger partial charge in [0, 0.05) is 24.8 Å². The number of anilines is 1. The largest absolute Gasteiger partial charge is 0.380 e. The molecule has 1 aromatic carbocycles. The predicted molar refractivity (Wildman–Crippen MR) is 78.5 cm³/mol. The second-order valence-corrected chi connectivity index (χ2v) is 5.03. The minimum Gasteiger partial charge on any atom is -0.380 e. The van der Waals surface area contributed by atoms with Crippen molar-refractivity contribution < 1.29 is 4.79 Å². The van der Waals surface area contributed by atoms with Gasteiger partial charge < -0.3 is 16.0 Å². The van der Waals surface area contributed by atoms with E-state index < -0.39 is 0 Å². The lowest BCUT2D eigenvalue weighted by atomic mass is 10.1. The summed E-state index contributed by atoms with van der Waals surface area (Å²) in [7, 11) is 0. The van der Waals surface area contributed by atoms with Crippen molar-refractivity contribution in [3.05, 3.63) is 29.8 Å². The fourth-order valence-corrected chi connectivity index (χ4v) is 2.38. The molecule has 0 spiro atoms. The first-order valence-electron chi connectivity index (χ1n) is 7.15. The van der Waals surface area contributed by atoms with Crippen LogP contribution in [0.15, 0.2) is 24.3 Å². The van der Waals surface area contributed by atoms with Crippen molar-refractivity contribution in [1.82, 2.24) is 10.6 Å². The lowest BCUT2D eigenvalue weighted by Crippen LogP contribution is -2.42. The fourth-order valence-electron chi connectivity index (χ4n) is 2.38. The fraction of sp³-hybridized carbons (Fsp3) is 0.533. The summed E-state index contributed by atoms with van der Waals surface area (Å²) in [4.78, 5) is 11.5. The van der Waals surface area contributed by atoms with E-state index >= 15 is 0 Å². The van der Waals surface area contributed by atoms with Gasteiger partial charge in [0.25, 0.3) is 0 Å². The molecule has 1 aliphatic rings. The Bertz CT molecular complexity index is 420. The van der Waals surface area contributed by atoms with Crippen molar-refractivity contribution in [3.63, 3.8) is 0 Å². The van der Waals surface area contributed by atoms with E-state index in [2.05, 4.69) is 40.2 Å². The average Bonchev–Trinajstić information content (AvgIpc) is 2.64. The first-order chi connectivity index (χ1) is 9.29. The molecule has 0 saturated carbocycles. The number of para-hydroxylation sites is 1. The summed E-state index contributed by atoms with van der Waals surface area (Å²) < 4.78 is 0. The Morgan fingerprint density at radius 3 is 3.05 bits per heavy atom. The number of urea groups is 1. The van der Waals surface area contributed by atoms with Gasteiger partial charge in [-0.3, -0.25) is 0 Å². The van der Waals surface area contributed by atoms with E-state index in [1.165, 1.54) is 11.3 Å². The summed E-state index contributed by atoms with van der Waals surface area (Å²) >= 11 is 0. The van der Waals surface area contributed by atoms with Crippen LogP contribution in [-0.2, 0) is 6.42 Å². The molecule has 1 aliphatic heterocycles. The lowest BCUT2D eigenvalue weighted by molar-refractivity contribution is 0.240. The van der Waals surface area contributed by atoms with Gasteiger partial charge in [0.1, 0.15) is 0 Å². The number of fused-ring (bicyclic) bond motifs is 1. The van der Waals surface area contributed by atoms with Crippen LogP contribution in [0, 0.1) is 0 Å². The molecule has 1 atom stereocenters. The number of rotatable bonds is 4. The summed E-state index contributed by atoms with van der Waals surface area (Å²) in [5.41, 5.74) is 2.58. The van der Waals surface area contributed by atoms with E-state index in [0.717, 1.165) is 32.2 Å². The molecule has 2 amide bonds. The molecule has 0 bridgehead atoms. The molecule has 1 unspecified atom stereocenters. The van der Waals surface area contributed by atoms with E-state index in [9.17, 15) is 4.79 Å². The molecule has 19 heavy (non-hydrogen) atoms. The minimum atomic E-state index is -0.0683. The molecule has 0 saturated heterocycles. The third-order valence-corrected chi connectivity index (χ3v) is 3.42. The second-order valence-electron chi connectivity index (χ2n) is 5.03. The highest BCUT2D eigenvalue weighted by atomic mass is 16.2. The number of amides is 2. The summed E-state index contributed by atoms with van der Waals surface area (Å²) in [6.45, 7) is 3.45. The van der Waals surface area contributed by atoms with Crippen LogP contribution in [0.5, 0.6) is 0 Å². The summed E-state index contributed by atoms with van der Waals surface area (Å²) in [6, 6.07) is 8.67. The molecule has 1 heterocycles. The SMILES string of the molecule is CCCNC(=O)NCC1CCCc2ccccc2N1. The Labute approximate surface area is 115 Å². The first kappa shape index (κ1) is 13.7. The molecule has 104 valence electrons. The number of hydrogen-bond donors (Lipinski definition) is 3. The van der Waals surface area contributed by atoms with E-state index in [1.807, 2.05) is 6.92 Å². The van der Waals surface area contributed by atoms with Gasteiger partial charge in [0.15, 0.2) is 0 Å². The number of hydrogen-bond acceptors (Lipinski definition) is 2. The van der Waals surface area contributed by atoms with Crippen LogP contribution >= 0.6 is 0 Å². The summed E-state index contributed by atoms with van der Waals surface area (Å²) in [6.07, 6.45) is 4.32. The van der Waals surface area contributed by atoms with Gasteiger partial charge in [-0.2, -0.15) is 0 Å². The van der Waals surface area contributed by atoms with E-state index in [0.29, 0.717) is 12.6 Å². The number of carbonyl (C=O) groups is 1. The Morgan fingerprint density at radius 2 is 2.21 bits per heavy atom. The number of nitrogens with one attached hydrogen (secondary N) is 3. The third-order valence-electron chi connectivity index (χ3n) is 3.42. The number of carbonyl (C=O) groups excluding carboxylic acids is 1. The van der Waals surface area contributed by atoms with E-state index in [4.69, 9.17) is 0 Å². The van der Waals surface area contributed by atoms with Crippen LogP contribution in [0.4, 0.5) is 10.5 Å². The van der Waals surface area contributed by atoms with Gasteiger partial charge in [0.2, 0.25) is 0 Å². The lowest BCUT2D eigenvalue weighted by Gasteiger charge is -2.18. The molecule has 2 rings (SSSR count). The van der Waals surface area contributed by atoms with Crippen LogP contribution in [0.25, 0.3) is 0 Å². The monoisotopic (exact) mass is 261 g/mol. The van der Waals surface area contributed by atoms with Crippen molar-refractivity contribution in [2.24, 2.45) is 0 Å². The van der Waals surface area contributed by atoms with Crippen LogP contribution in [-0.4, -0.2) is 25.2 Å². The molecule has 4 nitrogen and oxygen atoms in total. The summed E-state index contributed by atoms with van der Waals surface area (Å²) in [5.74, 6) is 0. The maximum Gasteiger partial charge on any atom is 0.314 e. The molecule has 3 N–H and O–H groups in total. The zero-order valence-electron chi connectivity index (χ0n) is 11.5. The standard InChI is InChI=1S/C15H23N3O/c1-2-10-16-15(19)17-11-13-8-5-7-12-6-3-4-9-14(12)18-13/h3-4,6,9,13,18H,2,5,7-8,10-11H2,1H3,(H2,16,17,19). The van der Waals surface area contributed by atoms with Crippen molar-refractivity contribution >= 4 is 11.7 Å². The van der Waals surface area contributed by atoms with Gasteiger partial charge in [-0.25, -0.2) is 4.79 Å². The predicted octanol–water partition coefficient (Wildman–Crippen LogP) is 2.51. The maximum atomic E-state index is 11.5. The first-order valence-corrected chi connectivity index (χ1v) is 7.15. The number of benzene rings is 1. The van der Waals surface area contributed by atoms with Crippen molar-refractivity contribution in [3.8, 4) is 0 Å². The Morgan fingerprint density at radius 1 is 1.37 bits per heavy atom. The Balaban J connectivity index is 1.84. The molecular weight excluding hydrogens is 238 g/mol. The van der Waals surface area contributed by atoms with Crippen molar-refractivity contribution in [2.75, 3.05) is 18.4 Å². The molecule has 1 aromatic rings. The molecule has 0 fully saturated rings. The third kappa shape index (κ3) is 4.16. The van der Waals surface area contributed by atoms with Crippen molar-refractivity contribution in [1.29, 1.82) is 0 Å². The highest BCUT2D eigenvalue weighted by Crippen LogP contribution is 2.23. The molecule has 4 heteroatoms. The Kier molecular flexibility index (Phi) is 5.07. The molecular formula is C15H23N3O. The maximum absolute atomic E-state index is 11.5. The van der Waals surface area contributed by atoms with Crippen LogP contribution in [0.1, 0.15) is 31.7 Å². The molecule has 0 aliphatic carbocycles. The normalized spacial score (nSPS) is 17.8. The minimum absolute atomic E-state index is 0.0683. The zero-order valence-corrected chi connectivity index (χ0v) is 11.5. The topological polar surface area (TPSA) is 53.2 Å². The van der Waals surface area contributed by atoms with Crippen LogP contribution in [0.2, 0.25) is 0 Å². The van der Waals surface area contributed by atoms with E-state index in [-0.39, 0.29) is 6.03 Å². The van der Waals surface area contributed by atoms with Gasteiger partial charge >= 0.3 is 6.03 Å². The average molecular weight is 261 g/mol.